The molecule has 2 aromatic carbocycles. The Labute approximate surface area is 149 Å². The molecule has 0 radical (unpaired) electrons. The molecule has 0 saturated carbocycles. The molecule has 0 N–H and O–H groups in total. The lowest BCUT2D eigenvalue weighted by molar-refractivity contribution is 0.630. The third kappa shape index (κ3) is 2.85. The van der Waals surface area contributed by atoms with Gasteiger partial charge in [-0.25, -0.2) is 0 Å². The normalized spacial score (nSPS) is 11.6. The van der Waals surface area contributed by atoms with Gasteiger partial charge >= 0.3 is 0 Å². The zero-order valence-electron chi connectivity index (χ0n) is 13.1. The van der Waals surface area contributed by atoms with E-state index in [4.69, 9.17) is 0 Å². The topological polar surface area (TPSA) is 4.93 Å². The van der Waals surface area contributed by atoms with Crippen molar-refractivity contribution < 1.29 is 0 Å². The number of unbranched alkanes of at least 4 members (excludes halogenated alkanes) is 2. The summed E-state index contributed by atoms with van der Waals surface area (Å²) >= 11 is 7.15. The van der Waals surface area contributed by atoms with Gasteiger partial charge < -0.3 is 4.57 Å². The second-order valence-corrected chi connectivity index (χ2v) is 7.69. The van der Waals surface area contributed by atoms with E-state index in [1.165, 1.54) is 52.2 Å². The maximum atomic E-state index is 3.63. The third-order valence-corrected chi connectivity index (χ3v) is 5.45. The van der Waals surface area contributed by atoms with Crippen molar-refractivity contribution in [1.82, 2.24) is 4.57 Å². The zero-order chi connectivity index (χ0) is 15.7. The lowest BCUT2D eigenvalue weighted by Crippen LogP contribution is -1.99. The van der Waals surface area contributed by atoms with Crippen molar-refractivity contribution in [3.63, 3.8) is 0 Å². The van der Waals surface area contributed by atoms with Crippen LogP contribution in [-0.2, 0) is 6.54 Å². The number of alkyl halides is 1. The zero-order valence-corrected chi connectivity index (χ0v) is 16.3. The summed E-state index contributed by atoms with van der Waals surface area (Å²) in [5.41, 5.74) is 5.50. The van der Waals surface area contributed by atoms with Gasteiger partial charge in [-0.15, -0.1) is 0 Å². The molecule has 1 aromatic heterocycles. The van der Waals surface area contributed by atoms with Crippen LogP contribution in [0.1, 0.15) is 30.4 Å². The quantitative estimate of drug-likeness (QED) is 0.317. The molecule has 22 heavy (non-hydrogen) atoms. The first kappa shape index (κ1) is 16.1. The smallest absolute Gasteiger partial charge is 0.0523 e. The minimum Gasteiger partial charge on any atom is -0.340 e. The largest absolute Gasteiger partial charge is 0.340 e. The van der Waals surface area contributed by atoms with Crippen molar-refractivity contribution in [2.45, 2.75) is 39.7 Å². The molecule has 0 fully saturated rings. The fraction of sp³-hybridized carbons (Fsp3) is 0.368. The Morgan fingerprint density at radius 3 is 2.50 bits per heavy atom. The van der Waals surface area contributed by atoms with Crippen LogP contribution in [0, 0.1) is 13.8 Å². The fourth-order valence-corrected chi connectivity index (χ4v) is 4.08. The van der Waals surface area contributed by atoms with Crippen LogP contribution in [0.3, 0.4) is 0 Å². The molecule has 1 heterocycles. The molecule has 0 atom stereocenters. The number of aryl methyl sites for hydroxylation is 3. The predicted octanol–water partition coefficient (Wildman–Crippen LogP) is 6.74. The number of aromatic nitrogens is 1. The van der Waals surface area contributed by atoms with E-state index < -0.39 is 0 Å². The van der Waals surface area contributed by atoms with Crippen LogP contribution in [0.25, 0.3) is 21.8 Å². The minimum atomic E-state index is 1.10. The lowest BCUT2D eigenvalue weighted by atomic mass is 10.0. The molecule has 0 spiro atoms. The van der Waals surface area contributed by atoms with Crippen molar-refractivity contribution in [2.24, 2.45) is 0 Å². The van der Waals surface area contributed by atoms with Gasteiger partial charge in [-0.1, -0.05) is 50.4 Å². The Morgan fingerprint density at radius 2 is 1.73 bits per heavy atom. The van der Waals surface area contributed by atoms with Crippen LogP contribution in [0.2, 0.25) is 0 Å². The highest BCUT2D eigenvalue weighted by atomic mass is 79.9. The van der Waals surface area contributed by atoms with Crippen LogP contribution < -0.4 is 0 Å². The Balaban J connectivity index is 2.21. The lowest BCUT2D eigenvalue weighted by Gasteiger charge is -2.09. The molecule has 0 unspecified atom stereocenters. The summed E-state index contributed by atoms with van der Waals surface area (Å²) < 4.78 is 3.67. The average Bonchev–Trinajstić information content (AvgIpc) is 2.82. The second kappa shape index (κ2) is 6.76. The van der Waals surface area contributed by atoms with Gasteiger partial charge in [-0.2, -0.15) is 0 Å². The molecule has 0 aliphatic heterocycles. The molecule has 0 aliphatic carbocycles. The van der Waals surface area contributed by atoms with Gasteiger partial charge in [0.15, 0.2) is 0 Å². The van der Waals surface area contributed by atoms with Crippen LogP contribution in [-0.4, -0.2) is 9.90 Å². The first-order valence-corrected chi connectivity index (χ1v) is 9.78. The number of hydrogen-bond donors (Lipinski definition) is 0. The summed E-state index contributed by atoms with van der Waals surface area (Å²) in [5.74, 6) is 0. The van der Waals surface area contributed by atoms with Crippen molar-refractivity contribution in [1.29, 1.82) is 0 Å². The van der Waals surface area contributed by atoms with Gasteiger partial charge in [0.05, 0.1) is 5.52 Å². The molecule has 116 valence electrons. The third-order valence-electron chi connectivity index (χ3n) is 4.39. The van der Waals surface area contributed by atoms with Crippen molar-refractivity contribution >= 4 is 53.7 Å². The summed E-state index contributed by atoms with van der Waals surface area (Å²) in [4.78, 5) is 0. The molecule has 0 bridgehead atoms. The Bertz CT molecular complexity index is 817. The SMILES string of the molecule is Cc1ccc(C)c2c1c1cc(Br)ccc1n2CCCCCBr. The van der Waals surface area contributed by atoms with Crippen LogP contribution in [0.5, 0.6) is 0 Å². The average molecular weight is 423 g/mol. The van der Waals surface area contributed by atoms with Gasteiger partial charge in [0.2, 0.25) is 0 Å². The van der Waals surface area contributed by atoms with Crippen LogP contribution >= 0.6 is 31.9 Å². The summed E-state index contributed by atoms with van der Waals surface area (Å²) in [5, 5.41) is 3.88. The van der Waals surface area contributed by atoms with Crippen LogP contribution in [0.15, 0.2) is 34.8 Å². The summed E-state index contributed by atoms with van der Waals surface area (Å²) in [6.07, 6.45) is 3.75. The van der Waals surface area contributed by atoms with Gasteiger partial charge in [-0.3, -0.25) is 0 Å². The summed E-state index contributed by atoms with van der Waals surface area (Å²) in [7, 11) is 0. The van der Waals surface area contributed by atoms with Gasteiger partial charge in [0, 0.05) is 32.6 Å². The molecule has 3 aromatic rings. The molecular weight excluding hydrogens is 402 g/mol. The number of rotatable bonds is 5. The van der Waals surface area contributed by atoms with Crippen molar-refractivity contribution in [2.75, 3.05) is 5.33 Å². The van der Waals surface area contributed by atoms with Gasteiger partial charge in [0.25, 0.3) is 0 Å². The molecule has 3 heteroatoms. The Hall–Kier alpha value is -0.800. The molecule has 0 amide bonds. The van der Waals surface area contributed by atoms with E-state index in [-0.39, 0.29) is 0 Å². The molecule has 1 nitrogen and oxygen atoms in total. The molecule has 0 saturated heterocycles. The molecule has 3 rings (SSSR count). The fourth-order valence-electron chi connectivity index (χ4n) is 3.32. The van der Waals surface area contributed by atoms with Gasteiger partial charge in [-0.05, 0) is 56.0 Å². The van der Waals surface area contributed by atoms with E-state index in [2.05, 4.69) is 80.6 Å². The monoisotopic (exact) mass is 421 g/mol. The Morgan fingerprint density at radius 1 is 0.955 bits per heavy atom. The number of benzene rings is 2. The number of hydrogen-bond acceptors (Lipinski definition) is 0. The maximum absolute atomic E-state index is 3.63. The number of fused-ring (bicyclic) bond motifs is 3. The van der Waals surface area contributed by atoms with E-state index in [0.717, 1.165) is 16.3 Å². The van der Waals surface area contributed by atoms with Crippen molar-refractivity contribution in [3.8, 4) is 0 Å². The Kier molecular flexibility index (Phi) is 4.94. The first-order valence-electron chi connectivity index (χ1n) is 7.87. The van der Waals surface area contributed by atoms with E-state index in [1.54, 1.807) is 0 Å². The first-order chi connectivity index (χ1) is 10.6. The molecule has 0 aliphatic rings. The summed E-state index contributed by atoms with van der Waals surface area (Å²) in [6.45, 7) is 5.54. The summed E-state index contributed by atoms with van der Waals surface area (Å²) in [6, 6.07) is 11.2. The minimum absolute atomic E-state index is 1.10. The van der Waals surface area contributed by atoms with Crippen LogP contribution in [0.4, 0.5) is 0 Å². The molecular formula is C19H21Br2N. The highest BCUT2D eigenvalue weighted by Crippen LogP contribution is 2.35. The van der Waals surface area contributed by atoms with E-state index in [0.29, 0.717) is 0 Å². The van der Waals surface area contributed by atoms with E-state index in [9.17, 15) is 0 Å². The van der Waals surface area contributed by atoms with E-state index >= 15 is 0 Å². The van der Waals surface area contributed by atoms with Gasteiger partial charge in [0.1, 0.15) is 0 Å². The maximum Gasteiger partial charge on any atom is 0.0523 e. The predicted molar refractivity (Wildman–Crippen MR) is 104 cm³/mol. The number of nitrogens with zero attached hydrogens (tertiary/aromatic N) is 1. The van der Waals surface area contributed by atoms with E-state index in [1.807, 2.05) is 0 Å². The second-order valence-electron chi connectivity index (χ2n) is 5.99. The van der Waals surface area contributed by atoms with Crippen molar-refractivity contribution in [3.05, 3.63) is 45.9 Å². The highest BCUT2D eigenvalue weighted by molar-refractivity contribution is 9.10. The highest BCUT2D eigenvalue weighted by Gasteiger charge is 2.14. The standard InChI is InChI=1S/C19H21Br2N/c1-13-6-7-14(2)19-18(13)16-12-15(21)8-9-17(16)22(19)11-5-3-4-10-20/h6-9,12H,3-5,10-11H2,1-2H3. The number of halogens is 2.